The molecule has 4 rings (SSSR count). The highest BCUT2D eigenvalue weighted by Crippen LogP contribution is 2.37. The summed E-state index contributed by atoms with van der Waals surface area (Å²) in [4.78, 5) is 0.301. The van der Waals surface area contributed by atoms with E-state index in [0.29, 0.717) is 10.6 Å². The van der Waals surface area contributed by atoms with Gasteiger partial charge in [-0.1, -0.05) is 42.5 Å². The molecular formula is C20H17NO2S. The zero-order valence-electron chi connectivity index (χ0n) is 13.3. The fourth-order valence-electron chi connectivity index (χ4n) is 3.21. The minimum absolute atomic E-state index is 0.301. The molecule has 0 radical (unpaired) electrons. The Morgan fingerprint density at radius 2 is 1.62 bits per heavy atom. The maximum absolute atomic E-state index is 12.7. The largest absolute Gasteiger partial charge is 0.280 e. The van der Waals surface area contributed by atoms with Gasteiger partial charge in [0, 0.05) is 5.69 Å². The van der Waals surface area contributed by atoms with Crippen LogP contribution in [-0.2, 0) is 16.4 Å². The van der Waals surface area contributed by atoms with E-state index in [9.17, 15) is 8.42 Å². The Morgan fingerprint density at radius 3 is 2.46 bits per heavy atom. The lowest BCUT2D eigenvalue weighted by atomic mass is 10.1. The molecule has 0 spiro atoms. The Balaban J connectivity index is 1.69. The van der Waals surface area contributed by atoms with Gasteiger partial charge in [-0.2, -0.15) is 0 Å². The first-order valence-corrected chi connectivity index (χ1v) is 9.32. The molecule has 24 heavy (non-hydrogen) atoms. The molecule has 0 unspecified atom stereocenters. The van der Waals surface area contributed by atoms with Gasteiger partial charge in [-0.3, -0.25) is 4.72 Å². The SMILES string of the molecule is Cc1cccc(NS(=O)(=O)c2ccc3c(c2)Cc2ccccc2-3)c1. The summed E-state index contributed by atoms with van der Waals surface area (Å²) in [5.74, 6) is 0. The number of sulfonamides is 1. The predicted molar refractivity (Wildman–Crippen MR) is 96.7 cm³/mol. The molecule has 1 aliphatic rings. The van der Waals surface area contributed by atoms with Crippen LogP contribution in [0.3, 0.4) is 0 Å². The lowest BCUT2D eigenvalue weighted by molar-refractivity contribution is 0.601. The second kappa shape index (κ2) is 5.49. The molecule has 3 aromatic rings. The zero-order chi connectivity index (χ0) is 16.7. The van der Waals surface area contributed by atoms with Crippen LogP contribution >= 0.6 is 0 Å². The number of benzene rings is 3. The standard InChI is InChI=1S/C20H17NO2S/c1-14-5-4-7-17(11-14)21-24(22,23)18-9-10-20-16(13-18)12-15-6-2-3-8-19(15)20/h2-11,13,21H,12H2,1H3. The van der Waals surface area contributed by atoms with E-state index in [4.69, 9.17) is 0 Å². The average Bonchev–Trinajstić information content (AvgIpc) is 2.92. The van der Waals surface area contributed by atoms with Gasteiger partial charge in [0.1, 0.15) is 0 Å². The maximum Gasteiger partial charge on any atom is 0.261 e. The topological polar surface area (TPSA) is 46.2 Å². The van der Waals surface area contributed by atoms with Gasteiger partial charge >= 0.3 is 0 Å². The molecule has 0 amide bonds. The van der Waals surface area contributed by atoms with E-state index in [1.165, 1.54) is 11.1 Å². The van der Waals surface area contributed by atoms with E-state index >= 15 is 0 Å². The Labute approximate surface area is 142 Å². The van der Waals surface area contributed by atoms with Crippen molar-refractivity contribution in [3.05, 3.63) is 83.4 Å². The van der Waals surface area contributed by atoms with Gasteiger partial charge in [0.05, 0.1) is 4.90 Å². The van der Waals surface area contributed by atoms with Crippen LogP contribution in [0.5, 0.6) is 0 Å². The third-order valence-corrected chi connectivity index (χ3v) is 5.72. The van der Waals surface area contributed by atoms with Gasteiger partial charge in [-0.25, -0.2) is 8.42 Å². The number of aryl methyl sites for hydroxylation is 1. The van der Waals surface area contributed by atoms with Crippen molar-refractivity contribution in [1.82, 2.24) is 0 Å². The van der Waals surface area contributed by atoms with Crippen molar-refractivity contribution in [2.24, 2.45) is 0 Å². The molecule has 1 aliphatic carbocycles. The summed E-state index contributed by atoms with van der Waals surface area (Å²) >= 11 is 0. The number of hydrogen-bond donors (Lipinski definition) is 1. The first-order chi connectivity index (χ1) is 11.5. The molecule has 120 valence electrons. The minimum Gasteiger partial charge on any atom is -0.280 e. The summed E-state index contributed by atoms with van der Waals surface area (Å²) in [6.07, 6.45) is 0.777. The Hall–Kier alpha value is -2.59. The molecule has 4 heteroatoms. The van der Waals surface area contributed by atoms with Gasteiger partial charge in [-0.05, 0) is 65.4 Å². The summed E-state index contributed by atoms with van der Waals surface area (Å²) < 4.78 is 28.0. The lowest BCUT2D eigenvalue weighted by Crippen LogP contribution is -2.13. The number of nitrogens with one attached hydrogen (secondary N) is 1. The fourth-order valence-corrected chi connectivity index (χ4v) is 4.31. The van der Waals surface area contributed by atoms with Crippen molar-refractivity contribution >= 4 is 15.7 Å². The Morgan fingerprint density at radius 1 is 0.833 bits per heavy atom. The van der Waals surface area contributed by atoms with Gasteiger partial charge in [0.15, 0.2) is 0 Å². The maximum atomic E-state index is 12.7. The molecule has 3 nitrogen and oxygen atoms in total. The van der Waals surface area contributed by atoms with Crippen LogP contribution in [0, 0.1) is 6.92 Å². The van der Waals surface area contributed by atoms with Crippen LogP contribution in [0.25, 0.3) is 11.1 Å². The number of rotatable bonds is 3. The number of anilines is 1. The predicted octanol–water partition coefficient (Wildman–Crippen LogP) is 4.37. The molecular weight excluding hydrogens is 318 g/mol. The van der Waals surface area contributed by atoms with Crippen molar-refractivity contribution in [3.8, 4) is 11.1 Å². The third-order valence-electron chi connectivity index (χ3n) is 4.35. The molecule has 0 saturated heterocycles. The second-order valence-corrected chi connectivity index (χ2v) is 7.81. The van der Waals surface area contributed by atoms with Crippen molar-refractivity contribution in [2.45, 2.75) is 18.2 Å². The molecule has 0 fully saturated rings. The smallest absolute Gasteiger partial charge is 0.261 e. The van der Waals surface area contributed by atoms with Crippen molar-refractivity contribution in [1.29, 1.82) is 0 Å². The van der Waals surface area contributed by atoms with Gasteiger partial charge in [-0.15, -0.1) is 0 Å². The Bertz CT molecular complexity index is 1040. The summed E-state index contributed by atoms with van der Waals surface area (Å²) in [6, 6.07) is 20.9. The summed E-state index contributed by atoms with van der Waals surface area (Å²) in [5.41, 5.74) is 6.22. The van der Waals surface area contributed by atoms with Crippen LogP contribution in [0.4, 0.5) is 5.69 Å². The van der Waals surface area contributed by atoms with Crippen LogP contribution in [0.15, 0.2) is 71.6 Å². The minimum atomic E-state index is -3.59. The van der Waals surface area contributed by atoms with Gasteiger partial charge in [0.2, 0.25) is 0 Å². The van der Waals surface area contributed by atoms with E-state index < -0.39 is 10.0 Å². The molecule has 0 heterocycles. The van der Waals surface area contributed by atoms with Crippen molar-refractivity contribution < 1.29 is 8.42 Å². The normalized spacial score (nSPS) is 12.5. The first kappa shape index (κ1) is 15.0. The van der Waals surface area contributed by atoms with E-state index in [2.05, 4.69) is 16.9 Å². The zero-order valence-corrected chi connectivity index (χ0v) is 14.1. The van der Waals surface area contributed by atoms with E-state index in [-0.39, 0.29) is 0 Å². The summed E-state index contributed by atoms with van der Waals surface area (Å²) in [6.45, 7) is 1.93. The number of fused-ring (bicyclic) bond motifs is 3. The summed E-state index contributed by atoms with van der Waals surface area (Å²) in [7, 11) is -3.59. The highest BCUT2D eigenvalue weighted by Gasteiger charge is 2.21. The molecule has 0 aliphatic heterocycles. The van der Waals surface area contributed by atoms with Crippen LogP contribution in [-0.4, -0.2) is 8.42 Å². The quantitative estimate of drug-likeness (QED) is 0.604. The van der Waals surface area contributed by atoms with Crippen LogP contribution in [0.1, 0.15) is 16.7 Å². The van der Waals surface area contributed by atoms with E-state index in [0.717, 1.165) is 23.1 Å². The van der Waals surface area contributed by atoms with Crippen LogP contribution in [0.2, 0.25) is 0 Å². The highest BCUT2D eigenvalue weighted by molar-refractivity contribution is 7.92. The molecule has 0 atom stereocenters. The van der Waals surface area contributed by atoms with E-state index in [1.807, 2.05) is 43.3 Å². The highest BCUT2D eigenvalue weighted by atomic mass is 32.2. The molecule has 0 aromatic heterocycles. The molecule has 3 aromatic carbocycles. The van der Waals surface area contributed by atoms with Crippen molar-refractivity contribution in [3.63, 3.8) is 0 Å². The van der Waals surface area contributed by atoms with Gasteiger partial charge in [0.25, 0.3) is 10.0 Å². The molecule has 0 bridgehead atoms. The average molecular weight is 335 g/mol. The van der Waals surface area contributed by atoms with E-state index in [1.54, 1.807) is 18.2 Å². The lowest BCUT2D eigenvalue weighted by Gasteiger charge is -2.10. The van der Waals surface area contributed by atoms with Gasteiger partial charge < -0.3 is 0 Å². The third kappa shape index (κ3) is 2.59. The monoisotopic (exact) mass is 335 g/mol. The molecule has 1 N–H and O–H groups in total. The fraction of sp³-hybridized carbons (Fsp3) is 0.100. The Kier molecular flexibility index (Phi) is 3.43. The second-order valence-electron chi connectivity index (χ2n) is 6.13. The van der Waals surface area contributed by atoms with Crippen LogP contribution < -0.4 is 4.72 Å². The number of hydrogen-bond acceptors (Lipinski definition) is 2. The summed E-state index contributed by atoms with van der Waals surface area (Å²) in [5, 5.41) is 0. The van der Waals surface area contributed by atoms with Crippen molar-refractivity contribution in [2.75, 3.05) is 4.72 Å². The molecule has 0 saturated carbocycles. The first-order valence-electron chi connectivity index (χ1n) is 7.84.